The molecular formula is C7H9F2NO6P2. The van der Waals surface area contributed by atoms with Gasteiger partial charge in [-0.2, -0.15) is 0 Å². The molecule has 1 aromatic carbocycles. The molecule has 1 aromatic rings. The highest BCUT2D eigenvalue weighted by molar-refractivity contribution is 7.71. The number of halogens is 2. The molecule has 0 aliphatic carbocycles. The fourth-order valence-corrected chi connectivity index (χ4v) is 3.35. The Hall–Kier alpha value is -0.820. The van der Waals surface area contributed by atoms with E-state index in [0.717, 1.165) is 0 Å². The Morgan fingerprint density at radius 3 is 1.67 bits per heavy atom. The molecule has 0 aliphatic rings. The van der Waals surface area contributed by atoms with Crippen molar-refractivity contribution in [2.24, 2.45) is 0 Å². The molecule has 102 valence electrons. The minimum absolute atomic E-state index is 0.495. The van der Waals surface area contributed by atoms with Gasteiger partial charge in [0.2, 0.25) is 5.52 Å². The molecule has 0 fully saturated rings. The van der Waals surface area contributed by atoms with Crippen molar-refractivity contribution in [1.82, 2.24) is 0 Å². The van der Waals surface area contributed by atoms with Crippen molar-refractivity contribution in [2.45, 2.75) is 5.52 Å². The summed E-state index contributed by atoms with van der Waals surface area (Å²) in [6, 6.07) is 1.78. The smallest absolute Gasteiger partial charge is 0.360 e. The molecule has 0 saturated heterocycles. The van der Waals surface area contributed by atoms with E-state index in [2.05, 4.69) is 0 Å². The summed E-state index contributed by atoms with van der Waals surface area (Å²) in [6.45, 7) is 0. The van der Waals surface area contributed by atoms with E-state index in [0.29, 0.717) is 18.2 Å². The fraction of sp³-hybridized carbons (Fsp3) is 0.143. The van der Waals surface area contributed by atoms with Crippen LogP contribution in [0.1, 0.15) is 0 Å². The molecular weight excluding hydrogens is 294 g/mol. The molecule has 0 amide bonds. The normalized spacial score (nSPS) is 12.8. The Balaban J connectivity index is 3.12. The van der Waals surface area contributed by atoms with Crippen LogP contribution in [0.15, 0.2) is 18.2 Å². The Kier molecular flexibility index (Phi) is 4.27. The Morgan fingerprint density at radius 1 is 0.944 bits per heavy atom. The molecule has 0 heterocycles. The molecule has 0 saturated carbocycles. The van der Waals surface area contributed by atoms with Crippen LogP contribution in [0.25, 0.3) is 0 Å². The van der Waals surface area contributed by atoms with Crippen molar-refractivity contribution in [1.29, 1.82) is 0 Å². The summed E-state index contributed by atoms with van der Waals surface area (Å²) in [5.41, 5.74) is -3.06. The fourth-order valence-electron chi connectivity index (χ4n) is 1.15. The minimum atomic E-state index is -5.21. The maximum Gasteiger partial charge on any atom is 0.360 e. The van der Waals surface area contributed by atoms with Crippen molar-refractivity contribution < 1.29 is 37.5 Å². The van der Waals surface area contributed by atoms with Gasteiger partial charge in [-0.25, -0.2) is 8.78 Å². The second-order valence-corrected chi connectivity index (χ2v) is 7.15. The van der Waals surface area contributed by atoms with Crippen molar-refractivity contribution in [3.63, 3.8) is 0 Å². The van der Waals surface area contributed by atoms with E-state index in [9.17, 15) is 17.9 Å². The lowest BCUT2D eigenvalue weighted by Gasteiger charge is -2.21. The van der Waals surface area contributed by atoms with Crippen LogP contribution in [0, 0.1) is 11.6 Å². The standard InChI is InChI=1S/C7H9F2NO6P2/c8-4-1-5(9)3-6(2-4)10-7(17(11,12)13)18(14,15)16/h1-3,7,10H,(H2,11,12,13)(H2,14,15,16). The van der Waals surface area contributed by atoms with Crippen molar-refractivity contribution in [2.75, 3.05) is 5.32 Å². The molecule has 7 nitrogen and oxygen atoms in total. The molecule has 0 aliphatic heterocycles. The number of benzene rings is 1. The van der Waals surface area contributed by atoms with Gasteiger partial charge in [0.15, 0.2) is 0 Å². The molecule has 11 heteroatoms. The molecule has 0 atom stereocenters. The van der Waals surface area contributed by atoms with Crippen LogP contribution in [0.5, 0.6) is 0 Å². The summed E-state index contributed by atoms with van der Waals surface area (Å²) in [5.74, 6) is -2.12. The maximum atomic E-state index is 12.8. The lowest BCUT2D eigenvalue weighted by molar-refractivity contribution is 0.343. The third-order valence-electron chi connectivity index (χ3n) is 1.80. The summed E-state index contributed by atoms with van der Waals surface area (Å²) >= 11 is 0. The van der Waals surface area contributed by atoms with Gasteiger partial charge in [-0.05, 0) is 12.1 Å². The third-order valence-corrected chi connectivity index (χ3v) is 5.13. The third kappa shape index (κ3) is 4.13. The van der Waals surface area contributed by atoms with Gasteiger partial charge in [0.05, 0.1) is 0 Å². The van der Waals surface area contributed by atoms with E-state index in [4.69, 9.17) is 19.6 Å². The SMILES string of the molecule is O=P(O)(O)C(Nc1cc(F)cc(F)c1)P(=O)(O)O. The van der Waals surface area contributed by atoms with Crippen LogP contribution in [0.4, 0.5) is 14.5 Å². The van der Waals surface area contributed by atoms with Crippen LogP contribution >= 0.6 is 15.2 Å². The van der Waals surface area contributed by atoms with Gasteiger partial charge in [-0.1, -0.05) is 0 Å². The number of hydrogen-bond donors (Lipinski definition) is 5. The van der Waals surface area contributed by atoms with E-state index in [-0.39, 0.29) is 0 Å². The Labute approximate surface area is 99.8 Å². The van der Waals surface area contributed by atoms with Crippen LogP contribution < -0.4 is 5.32 Å². The maximum absolute atomic E-state index is 12.8. The topological polar surface area (TPSA) is 127 Å². The van der Waals surface area contributed by atoms with Crippen LogP contribution in [0.2, 0.25) is 0 Å². The zero-order valence-electron chi connectivity index (χ0n) is 8.57. The number of nitrogens with one attached hydrogen (secondary N) is 1. The first-order valence-corrected chi connectivity index (χ1v) is 7.69. The van der Waals surface area contributed by atoms with Crippen molar-refractivity contribution in [3.05, 3.63) is 29.8 Å². The van der Waals surface area contributed by atoms with Crippen LogP contribution in [-0.4, -0.2) is 25.1 Å². The van der Waals surface area contributed by atoms with E-state index in [1.54, 1.807) is 5.32 Å². The molecule has 0 unspecified atom stereocenters. The molecule has 0 spiro atoms. The Morgan fingerprint density at radius 2 is 1.33 bits per heavy atom. The summed E-state index contributed by atoms with van der Waals surface area (Å²) in [4.78, 5) is 35.1. The van der Waals surface area contributed by atoms with Gasteiger partial charge in [0.1, 0.15) is 11.6 Å². The second kappa shape index (κ2) is 5.05. The van der Waals surface area contributed by atoms with Gasteiger partial charge in [-0.3, -0.25) is 9.13 Å². The summed E-state index contributed by atoms with van der Waals surface area (Å²) in [7, 11) is -10.4. The highest BCUT2D eigenvalue weighted by Crippen LogP contribution is 2.59. The molecule has 18 heavy (non-hydrogen) atoms. The highest BCUT2D eigenvalue weighted by atomic mass is 31.2. The summed E-state index contributed by atoms with van der Waals surface area (Å²) in [5, 5.41) is 1.73. The van der Waals surface area contributed by atoms with Gasteiger partial charge >= 0.3 is 15.2 Å². The van der Waals surface area contributed by atoms with Crippen LogP contribution in [-0.2, 0) is 9.13 Å². The average molecular weight is 303 g/mol. The van der Waals surface area contributed by atoms with Crippen LogP contribution in [0.3, 0.4) is 0 Å². The van der Waals surface area contributed by atoms with E-state index in [1.165, 1.54) is 0 Å². The largest absolute Gasteiger partial charge is 0.362 e. The van der Waals surface area contributed by atoms with Gasteiger partial charge in [-0.15, -0.1) is 0 Å². The summed E-state index contributed by atoms with van der Waals surface area (Å²) < 4.78 is 47.4. The predicted molar refractivity (Wildman–Crippen MR) is 57.9 cm³/mol. The lowest BCUT2D eigenvalue weighted by atomic mass is 10.3. The van der Waals surface area contributed by atoms with E-state index >= 15 is 0 Å². The van der Waals surface area contributed by atoms with Gasteiger partial charge in [0.25, 0.3) is 0 Å². The molecule has 5 N–H and O–H groups in total. The van der Waals surface area contributed by atoms with E-state index < -0.39 is 38.0 Å². The first kappa shape index (κ1) is 15.2. The summed E-state index contributed by atoms with van der Waals surface area (Å²) in [6.07, 6.45) is 0. The molecule has 0 aromatic heterocycles. The van der Waals surface area contributed by atoms with Crippen molar-refractivity contribution in [3.8, 4) is 0 Å². The van der Waals surface area contributed by atoms with Gasteiger partial charge < -0.3 is 24.9 Å². The van der Waals surface area contributed by atoms with E-state index in [1.807, 2.05) is 0 Å². The quantitative estimate of drug-likeness (QED) is 0.525. The number of hydrogen-bond acceptors (Lipinski definition) is 3. The monoisotopic (exact) mass is 303 g/mol. The molecule has 0 radical (unpaired) electrons. The van der Waals surface area contributed by atoms with Crippen molar-refractivity contribution >= 4 is 20.9 Å². The first-order chi connectivity index (χ1) is 8.00. The Bertz CT molecular complexity index is 498. The lowest BCUT2D eigenvalue weighted by Crippen LogP contribution is -2.20. The molecule has 1 rings (SSSR count). The zero-order valence-corrected chi connectivity index (χ0v) is 10.4. The van der Waals surface area contributed by atoms with Gasteiger partial charge in [0, 0.05) is 11.8 Å². The average Bonchev–Trinajstić information content (AvgIpc) is 2.08. The predicted octanol–water partition coefficient (Wildman–Crippen LogP) is 1.02. The first-order valence-electron chi connectivity index (χ1n) is 4.33. The second-order valence-electron chi connectivity index (χ2n) is 3.35. The molecule has 0 bridgehead atoms. The number of rotatable bonds is 4. The highest BCUT2D eigenvalue weighted by Gasteiger charge is 2.43. The number of anilines is 1. The minimum Gasteiger partial charge on any atom is -0.362 e. The zero-order chi connectivity index (χ0) is 14.1.